The summed E-state index contributed by atoms with van der Waals surface area (Å²) in [5.74, 6) is -1.52. The van der Waals surface area contributed by atoms with Crippen LogP contribution in [0.1, 0.15) is 16.2 Å². The molecule has 7 heteroatoms. The summed E-state index contributed by atoms with van der Waals surface area (Å²) in [4.78, 5) is 37.9. The van der Waals surface area contributed by atoms with Crippen molar-refractivity contribution < 1.29 is 18.8 Å². The van der Waals surface area contributed by atoms with E-state index in [4.69, 9.17) is 4.42 Å². The van der Waals surface area contributed by atoms with E-state index in [2.05, 4.69) is 10.4 Å². The standard InChI is InChI=1S/C15H12N3O4/c19-10-9-18(17-14(21)15-16-8-11-22-15)13(20)7-6-12-4-2-1-3-5-12/h1-8,11H,9H2,(H,17,21). The average molecular weight is 298 g/mol. The Kier molecular flexibility index (Phi) is 5.20. The highest BCUT2D eigenvalue weighted by Crippen LogP contribution is 2.02. The molecule has 0 aliphatic rings. The van der Waals surface area contributed by atoms with Crippen LogP contribution in [0, 0.1) is 0 Å². The van der Waals surface area contributed by atoms with Gasteiger partial charge in [-0.3, -0.25) is 19.8 Å². The molecule has 7 nitrogen and oxygen atoms in total. The van der Waals surface area contributed by atoms with Gasteiger partial charge in [0.05, 0.1) is 6.20 Å². The van der Waals surface area contributed by atoms with Crippen LogP contribution < -0.4 is 5.43 Å². The Bertz CT molecular complexity index is 665. The predicted octanol–water partition coefficient (Wildman–Crippen LogP) is 0.971. The Morgan fingerprint density at radius 1 is 1.32 bits per heavy atom. The Labute approximate surface area is 126 Å². The molecule has 1 aromatic carbocycles. The first-order chi connectivity index (χ1) is 10.7. The number of nitrogens with zero attached hydrogens (tertiary/aromatic N) is 2. The molecule has 2 aromatic rings. The van der Waals surface area contributed by atoms with E-state index in [-0.39, 0.29) is 5.89 Å². The molecule has 1 heterocycles. The molecule has 0 aliphatic heterocycles. The number of carbonyl (C=O) groups excluding carboxylic acids is 3. The van der Waals surface area contributed by atoms with Gasteiger partial charge < -0.3 is 4.42 Å². The van der Waals surface area contributed by atoms with Crippen LogP contribution in [0.2, 0.25) is 0 Å². The van der Waals surface area contributed by atoms with Gasteiger partial charge in [0.25, 0.3) is 11.8 Å². The molecular formula is C15H12N3O4. The van der Waals surface area contributed by atoms with Gasteiger partial charge >= 0.3 is 5.91 Å². The van der Waals surface area contributed by atoms with E-state index in [0.29, 0.717) is 0 Å². The van der Waals surface area contributed by atoms with Crippen LogP contribution in [-0.4, -0.2) is 34.6 Å². The van der Waals surface area contributed by atoms with E-state index in [1.54, 1.807) is 12.4 Å². The Morgan fingerprint density at radius 2 is 2.09 bits per heavy atom. The summed E-state index contributed by atoms with van der Waals surface area (Å²) in [6, 6.07) is 9.12. The number of aromatic nitrogens is 1. The number of rotatable bonds is 5. The summed E-state index contributed by atoms with van der Waals surface area (Å²) in [5.41, 5.74) is 3.04. The number of hydrazine groups is 1. The molecule has 0 saturated heterocycles. The first-order valence-electron chi connectivity index (χ1n) is 6.31. The third kappa shape index (κ3) is 4.14. The van der Waals surface area contributed by atoms with Gasteiger partial charge in [-0.1, -0.05) is 30.3 Å². The van der Waals surface area contributed by atoms with Crippen molar-refractivity contribution in [1.29, 1.82) is 0 Å². The molecule has 0 atom stereocenters. The lowest BCUT2D eigenvalue weighted by molar-refractivity contribution is -0.127. The zero-order chi connectivity index (χ0) is 15.8. The van der Waals surface area contributed by atoms with E-state index in [1.807, 2.05) is 30.3 Å². The van der Waals surface area contributed by atoms with Gasteiger partial charge in [-0.25, -0.2) is 9.99 Å². The summed E-state index contributed by atoms with van der Waals surface area (Å²) in [5, 5.41) is 0.818. The normalized spacial score (nSPS) is 10.4. The fourth-order valence-corrected chi connectivity index (χ4v) is 1.56. The first-order valence-corrected chi connectivity index (χ1v) is 6.31. The highest BCUT2D eigenvalue weighted by Gasteiger charge is 2.17. The molecule has 1 radical (unpaired) electrons. The minimum absolute atomic E-state index is 0.212. The molecule has 2 amide bonds. The molecule has 2 rings (SSSR count). The third-order valence-electron chi connectivity index (χ3n) is 2.57. The second kappa shape index (κ2) is 7.53. The minimum atomic E-state index is -0.735. The SMILES string of the molecule is O=[C]CN(NC(=O)c1ncco1)C(=O)C=Cc1ccccc1. The van der Waals surface area contributed by atoms with Crippen LogP contribution in [0.25, 0.3) is 6.08 Å². The molecular weight excluding hydrogens is 286 g/mol. The maximum absolute atomic E-state index is 12.0. The van der Waals surface area contributed by atoms with Gasteiger partial charge in [0.2, 0.25) is 6.29 Å². The Balaban J connectivity index is 2.03. The molecule has 0 saturated carbocycles. The fourth-order valence-electron chi connectivity index (χ4n) is 1.56. The lowest BCUT2D eigenvalue weighted by Gasteiger charge is -2.17. The maximum Gasteiger partial charge on any atom is 0.325 e. The molecule has 0 spiro atoms. The summed E-state index contributed by atoms with van der Waals surface area (Å²) < 4.78 is 4.81. The van der Waals surface area contributed by atoms with Crippen molar-refractivity contribution in [2.24, 2.45) is 0 Å². The van der Waals surface area contributed by atoms with Gasteiger partial charge in [0.1, 0.15) is 12.8 Å². The van der Waals surface area contributed by atoms with Crippen molar-refractivity contribution in [3.05, 3.63) is 60.3 Å². The number of benzene rings is 1. The summed E-state index contributed by atoms with van der Waals surface area (Å²) in [7, 11) is 0. The van der Waals surface area contributed by atoms with Gasteiger partial charge in [0, 0.05) is 6.08 Å². The molecule has 0 aliphatic carbocycles. The second-order valence-electron chi connectivity index (χ2n) is 4.09. The number of hydrogen-bond acceptors (Lipinski definition) is 5. The molecule has 0 bridgehead atoms. The third-order valence-corrected chi connectivity index (χ3v) is 2.57. The molecule has 0 unspecified atom stereocenters. The highest BCUT2D eigenvalue weighted by molar-refractivity contribution is 5.96. The van der Waals surface area contributed by atoms with Gasteiger partial charge in [-0.2, -0.15) is 0 Å². The van der Waals surface area contributed by atoms with Crippen molar-refractivity contribution in [3.8, 4) is 0 Å². The smallest absolute Gasteiger partial charge is 0.325 e. The Hall–Kier alpha value is -3.22. The van der Waals surface area contributed by atoms with Crippen molar-refractivity contribution in [3.63, 3.8) is 0 Å². The molecule has 111 valence electrons. The van der Waals surface area contributed by atoms with Crippen LogP contribution in [0.5, 0.6) is 0 Å². The van der Waals surface area contributed by atoms with Crippen LogP contribution in [0.15, 0.2) is 53.3 Å². The van der Waals surface area contributed by atoms with E-state index in [1.165, 1.54) is 18.5 Å². The summed E-state index contributed by atoms with van der Waals surface area (Å²) in [6.07, 6.45) is 6.88. The zero-order valence-corrected chi connectivity index (χ0v) is 11.4. The van der Waals surface area contributed by atoms with E-state index in [9.17, 15) is 14.4 Å². The van der Waals surface area contributed by atoms with E-state index in [0.717, 1.165) is 10.6 Å². The van der Waals surface area contributed by atoms with Crippen LogP contribution in [0.3, 0.4) is 0 Å². The topological polar surface area (TPSA) is 92.5 Å². The van der Waals surface area contributed by atoms with Gasteiger partial charge in [0.15, 0.2) is 0 Å². The van der Waals surface area contributed by atoms with Crippen LogP contribution in [-0.2, 0) is 9.59 Å². The second-order valence-corrected chi connectivity index (χ2v) is 4.09. The molecule has 1 N–H and O–H groups in total. The minimum Gasteiger partial charge on any atom is -0.441 e. The van der Waals surface area contributed by atoms with Crippen LogP contribution in [0.4, 0.5) is 0 Å². The van der Waals surface area contributed by atoms with E-state index >= 15 is 0 Å². The first kappa shape index (κ1) is 15.2. The predicted molar refractivity (Wildman–Crippen MR) is 76.9 cm³/mol. The number of hydrogen-bond donors (Lipinski definition) is 1. The number of carbonyl (C=O) groups is 2. The quantitative estimate of drug-likeness (QED) is 0.656. The number of amides is 2. The monoisotopic (exact) mass is 298 g/mol. The lowest BCUT2D eigenvalue weighted by atomic mass is 10.2. The average Bonchev–Trinajstić information content (AvgIpc) is 3.07. The lowest BCUT2D eigenvalue weighted by Crippen LogP contribution is -2.46. The van der Waals surface area contributed by atoms with Crippen molar-refractivity contribution in [2.75, 3.05) is 6.54 Å². The van der Waals surface area contributed by atoms with Gasteiger partial charge in [-0.05, 0) is 11.6 Å². The number of oxazole rings is 1. The Morgan fingerprint density at radius 3 is 2.73 bits per heavy atom. The van der Waals surface area contributed by atoms with Gasteiger partial charge in [-0.15, -0.1) is 0 Å². The van der Waals surface area contributed by atoms with Crippen molar-refractivity contribution in [2.45, 2.75) is 0 Å². The highest BCUT2D eigenvalue weighted by atomic mass is 16.4. The summed E-state index contributed by atoms with van der Waals surface area (Å²) >= 11 is 0. The summed E-state index contributed by atoms with van der Waals surface area (Å²) in [6.45, 7) is -0.412. The maximum atomic E-state index is 12.0. The van der Waals surface area contributed by atoms with Crippen molar-refractivity contribution >= 4 is 24.2 Å². The molecule has 1 aromatic heterocycles. The van der Waals surface area contributed by atoms with Crippen molar-refractivity contribution in [1.82, 2.24) is 15.4 Å². The van der Waals surface area contributed by atoms with E-state index < -0.39 is 18.4 Å². The largest absolute Gasteiger partial charge is 0.441 e. The van der Waals surface area contributed by atoms with Crippen LogP contribution >= 0.6 is 0 Å². The fraction of sp³-hybridized carbons (Fsp3) is 0.0667. The zero-order valence-electron chi connectivity index (χ0n) is 11.4. The number of nitrogens with one attached hydrogen (secondary N) is 1. The molecule has 22 heavy (non-hydrogen) atoms. The molecule has 0 fully saturated rings.